The number of hydrogen-bond acceptors (Lipinski definition) is 3. The summed E-state index contributed by atoms with van der Waals surface area (Å²) in [5, 5.41) is 0.307. The van der Waals surface area contributed by atoms with E-state index in [1.807, 2.05) is 0 Å². The molecular formula is C20H40O3Si. The SMILES string of the molecule is CC(C)(C)[Si](C)(C)OCCC[C@H]1CCCC[C@H]1OC1CCCCO1. The van der Waals surface area contributed by atoms with Crippen LogP contribution >= 0.6 is 0 Å². The standard InChI is InChI=1S/C20H40O3Si/c1-20(2,3)24(4,5)22-16-10-12-17-11-6-7-13-18(17)23-19-14-8-9-15-21-19/h17-19H,6-16H2,1-5H3/t17-,18-,19?/m1/s1. The Bertz CT molecular complexity index is 358. The van der Waals surface area contributed by atoms with E-state index in [0.717, 1.165) is 19.6 Å². The van der Waals surface area contributed by atoms with Gasteiger partial charge in [0.1, 0.15) is 0 Å². The van der Waals surface area contributed by atoms with Gasteiger partial charge in [-0.05, 0) is 69.0 Å². The van der Waals surface area contributed by atoms with Crippen molar-refractivity contribution in [2.45, 2.75) is 109 Å². The Kier molecular flexibility index (Phi) is 7.79. The van der Waals surface area contributed by atoms with Crippen molar-refractivity contribution in [1.29, 1.82) is 0 Å². The van der Waals surface area contributed by atoms with Crippen LogP contribution in [0.5, 0.6) is 0 Å². The summed E-state index contributed by atoms with van der Waals surface area (Å²) in [5.41, 5.74) is 0. The normalized spacial score (nSPS) is 29.6. The van der Waals surface area contributed by atoms with Crippen molar-refractivity contribution in [3.8, 4) is 0 Å². The molecule has 0 N–H and O–H groups in total. The van der Waals surface area contributed by atoms with Gasteiger partial charge in [-0.2, -0.15) is 0 Å². The molecule has 3 nitrogen and oxygen atoms in total. The third-order valence-corrected chi connectivity index (χ3v) is 10.8. The minimum atomic E-state index is -1.59. The summed E-state index contributed by atoms with van der Waals surface area (Å²) in [5.74, 6) is 0.701. The Balaban J connectivity index is 1.73. The average Bonchev–Trinajstić information content (AvgIpc) is 2.53. The quantitative estimate of drug-likeness (QED) is 0.420. The van der Waals surface area contributed by atoms with Crippen LogP contribution in [0.3, 0.4) is 0 Å². The maximum atomic E-state index is 6.34. The lowest BCUT2D eigenvalue weighted by Crippen LogP contribution is -2.41. The summed E-state index contributed by atoms with van der Waals surface area (Å²) < 4.78 is 18.5. The first-order chi connectivity index (χ1) is 11.3. The van der Waals surface area contributed by atoms with Crippen molar-refractivity contribution < 1.29 is 13.9 Å². The fourth-order valence-electron chi connectivity index (χ4n) is 3.59. The first-order valence-electron chi connectivity index (χ1n) is 10.2. The Labute approximate surface area is 151 Å². The van der Waals surface area contributed by atoms with Crippen molar-refractivity contribution in [1.82, 2.24) is 0 Å². The third-order valence-electron chi connectivity index (χ3n) is 6.29. The van der Waals surface area contributed by atoms with Crippen LogP contribution < -0.4 is 0 Å². The zero-order valence-corrected chi connectivity index (χ0v) is 17.7. The molecule has 3 atom stereocenters. The molecule has 0 spiro atoms. The van der Waals surface area contributed by atoms with Crippen LogP contribution in [0.2, 0.25) is 18.1 Å². The van der Waals surface area contributed by atoms with Crippen LogP contribution in [0, 0.1) is 5.92 Å². The van der Waals surface area contributed by atoms with Crippen LogP contribution in [-0.2, 0) is 13.9 Å². The molecule has 1 aliphatic carbocycles. The molecule has 1 aliphatic heterocycles. The summed E-state index contributed by atoms with van der Waals surface area (Å²) in [6.45, 7) is 13.4. The Morgan fingerprint density at radius 1 is 1.00 bits per heavy atom. The maximum Gasteiger partial charge on any atom is 0.191 e. The van der Waals surface area contributed by atoms with Crippen molar-refractivity contribution in [3.63, 3.8) is 0 Å². The Morgan fingerprint density at radius 2 is 1.71 bits per heavy atom. The van der Waals surface area contributed by atoms with Gasteiger partial charge >= 0.3 is 0 Å². The van der Waals surface area contributed by atoms with Gasteiger partial charge in [-0.25, -0.2) is 0 Å². The van der Waals surface area contributed by atoms with Crippen LogP contribution in [0.4, 0.5) is 0 Å². The first kappa shape index (κ1) is 20.4. The van der Waals surface area contributed by atoms with E-state index in [4.69, 9.17) is 13.9 Å². The second-order valence-electron chi connectivity index (χ2n) is 9.27. The minimum Gasteiger partial charge on any atom is -0.417 e. The molecule has 4 heteroatoms. The molecule has 0 aromatic carbocycles. The van der Waals surface area contributed by atoms with Gasteiger partial charge in [0.2, 0.25) is 0 Å². The van der Waals surface area contributed by atoms with Crippen molar-refractivity contribution in [2.24, 2.45) is 5.92 Å². The van der Waals surface area contributed by atoms with Crippen LogP contribution in [0.15, 0.2) is 0 Å². The van der Waals surface area contributed by atoms with Crippen LogP contribution in [0.1, 0.15) is 78.6 Å². The highest BCUT2D eigenvalue weighted by Crippen LogP contribution is 2.37. The molecule has 0 bridgehead atoms. The smallest absolute Gasteiger partial charge is 0.191 e. The number of hydrogen-bond donors (Lipinski definition) is 0. The Hall–Kier alpha value is 0.0969. The topological polar surface area (TPSA) is 27.7 Å². The Morgan fingerprint density at radius 3 is 2.38 bits per heavy atom. The lowest BCUT2D eigenvalue weighted by Gasteiger charge is -2.37. The molecule has 0 aromatic rings. The maximum absolute atomic E-state index is 6.34. The van der Waals surface area contributed by atoms with Crippen LogP contribution in [-0.4, -0.2) is 33.9 Å². The predicted octanol–water partition coefficient (Wildman–Crippen LogP) is 5.89. The molecule has 2 aliphatic rings. The van der Waals surface area contributed by atoms with Gasteiger partial charge in [0.15, 0.2) is 14.6 Å². The monoisotopic (exact) mass is 356 g/mol. The summed E-state index contributed by atoms with van der Waals surface area (Å²) in [6, 6.07) is 0. The van der Waals surface area contributed by atoms with Gasteiger partial charge in [-0.15, -0.1) is 0 Å². The minimum absolute atomic E-state index is 0.0628. The first-order valence-corrected chi connectivity index (χ1v) is 13.1. The second kappa shape index (κ2) is 9.16. The van der Waals surface area contributed by atoms with Gasteiger partial charge in [0.05, 0.1) is 6.10 Å². The number of ether oxygens (including phenoxy) is 2. The second-order valence-corrected chi connectivity index (χ2v) is 14.1. The van der Waals surface area contributed by atoms with E-state index in [1.165, 1.54) is 51.4 Å². The van der Waals surface area contributed by atoms with Gasteiger partial charge in [-0.3, -0.25) is 0 Å². The van der Waals surface area contributed by atoms with Gasteiger partial charge in [0.25, 0.3) is 0 Å². The molecule has 0 aromatic heterocycles. The van der Waals surface area contributed by atoms with Gasteiger partial charge in [0, 0.05) is 13.2 Å². The molecule has 1 unspecified atom stereocenters. The van der Waals surface area contributed by atoms with E-state index in [-0.39, 0.29) is 6.29 Å². The fraction of sp³-hybridized carbons (Fsp3) is 1.00. The molecule has 1 heterocycles. The molecular weight excluding hydrogens is 316 g/mol. The summed E-state index contributed by atoms with van der Waals surface area (Å²) in [7, 11) is -1.59. The van der Waals surface area contributed by atoms with Crippen LogP contribution in [0.25, 0.3) is 0 Å². The van der Waals surface area contributed by atoms with Gasteiger partial charge < -0.3 is 13.9 Å². The summed E-state index contributed by atoms with van der Waals surface area (Å²) >= 11 is 0. The van der Waals surface area contributed by atoms with E-state index < -0.39 is 8.32 Å². The van der Waals surface area contributed by atoms with E-state index >= 15 is 0 Å². The zero-order chi connectivity index (χ0) is 17.6. The molecule has 24 heavy (non-hydrogen) atoms. The van der Waals surface area contributed by atoms with Crippen molar-refractivity contribution >= 4 is 8.32 Å². The molecule has 0 radical (unpaired) electrons. The molecule has 1 saturated carbocycles. The van der Waals surface area contributed by atoms with Gasteiger partial charge in [-0.1, -0.05) is 33.6 Å². The highest BCUT2D eigenvalue weighted by Gasteiger charge is 2.37. The molecule has 1 saturated heterocycles. The lowest BCUT2D eigenvalue weighted by atomic mass is 9.83. The molecule has 0 amide bonds. The van der Waals surface area contributed by atoms with Crippen molar-refractivity contribution in [3.05, 3.63) is 0 Å². The predicted molar refractivity (Wildman–Crippen MR) is 103 cm³/mol. The largest absolute Gasteiger partial charge is 0.417 e. The third kappa shape index (κ3) is 6.12. The molecule has 142 valence electrons. The van der Waals surface area contributed by atoms with Crippen molar-refractivity contribution in [2.75, 3.05) is 13.2 Å². The van der Waals surface area contributed by atoms with E-state index in [9.17, 15) is 0 Å². The molecule has 2 rings (SSSR count). The van der Waals surface area contributed by atoms with E-state index in [0.29, 0.717) is 17.1 Å². The lowest BCUT2D eigenvalue weighted by molar-refractivity contribution is -0.204. The average molecular weight is 357 g/mol. The summed E-state index contributed by atoms with van der Waals surface area (Å²) in [6.07, 6.45) is 11.6. The molecule has 2 fully saturated rings. The highest BCUT2D eigenvalue weighted by molar-refractivity contribution is 6.74. The number of rotatable bonds is 7. The van der Waals surface area contributed by atoms with E-state index in [2.05, 4.69) is 33.9 Å². The highest BCUT2D eigenvalue weighted by atomic mass is 28.4. The zero-order valence-electron chi connectivity index (χ0n) is 16.7. The summed E-state index contributed by atoms with van der Waals surface area (Å²) in [4.78, 5) is 0. The fourth-order valence-corrected chi connectivity index (χ4v) is 4.67. The van der Waals surface area contributed by atoms with E-state index in [1.54, 1.807) is 0 Å².